The van der Waals surface area contributed by atoms with E-state index in [0.29, 0.717) is 5.52 Å². The zero-order valence-electron chi connectivity index (χ0n) is 15.3. The van der Waals surface area contributed by atoms with Crippen LogP contribution in [0.5, 0.6) is 0 Å². The fourth-order valence-corrected chi connectivity index (χ4v) is 6.14. The van der Waals surface area contributed by atoms with Crippen LogP contribution in [-0.4, -0.2) is 38.4 Å². The number of fused-ring (bicyclic) bond motifs is 1. The number of sulfone groups is 1. The zero-order chi connectivity index (χ0) is 21.0. The molecule has 0 aliphatic rings. The monoisotopic (exact) mass is 496 g/mol. The van der Waals surface area contributed by atoms with Crippen LogP contribution >= 0.6 is 27.3 Å². The van der Waals surface area contributed by atoms with Gasteiger partial charge in [0.05, 0.1) is 21.7 Å². The predicted octanol–water partition coefficient (Wildman–Crippen LogP) is 3.25. The lowest BCUT2D eigenvalue weighted by atomic mass is 10.3. The maximum atomic E-state index is 13.3. The molecule has 1 unspecified atom stereocenters. The first-order valence-electron chi connectivity index (χ1n) is 8.61. The van der Waals surface area contributed by atoms with E-state index in [1.807, 2.05) is 0 Å². The zero-order valence-corrected chi connectivity index (χ0v) is 18.5. The lowest BCUT2D eigenvalue weighted by Crippen LogP contribution is -2.37. The Hall–Kier alpha value is -2.30. The average molecular weight is 497 g/mol. The van der Waals surface area contributed by atoms with Gasteiger partial charge in [-0.25, -0.2) is 13.4 Å². The van der Waals surface area contributed by atoms with Crippen molar-refractivity contribution in [3.05, 3.63) is 58.0 Å². The van der Waals surface area contributed by atoms with Gasteiger partial charge in [0.1, 0.15) is 11.6 Å². The Labute approximate surface area is 180 Å². The van der Waals surface area contributed by atoms with Crippen molar-refractivity contribution in [2.45, 2.75) is 17.1 Å². The number of esters is 1. The van der Waals surface area contributed by atoms with Crippen LogP contribution in [0.25, 0.3) is 10.2 Å². The normalized spacial score (nSPS) is 12.5. The second kappa shape index (κ2) is 9.02. The maximum Gasteiger partial charge on any atom is 0.325 e. The molecule has 3 aromatic rings. The lowest BCUT2D eigenvalue weighted by molar-refractivity contribution is -0.143. The summed E-state index contributed by atoms with van der Waals surface area (Å²) in [7, 11) is -4.10. The first-order valence-corrected chi connectivity index (χ1v) is 11.8. The SMILES string of the molecule is CCOC(=O)CNC(=O)C(c1nc2ccc(Br)cc2s1)S(=O)(=O)c1ccccc1. The molecule has 0 bridgehead atoms. The van der Waals surface area contributed by atoms with Crippen molar-refractivity contribution >= 4 is 59.2 Å². The minimum absolute atomic E-state index is 0.00304. The fraction of sp³-hybridized carbons (Fsp3) is 0.211. The Bertz CT molecular complexity index is 1150. The van der Waals surface area contributed by atoms with E-state index in [1.165, 1.54) is 12.1 Å². The Balaban J connectivity index is 2.03. The molecule has 0 fully saturated rings. The molecule has 0 spiro atoms. The van der Waals surface area contributed by atoms with Crippen molar-refractivity contribution in [3.8, 4) is 0 Å². The minimum Gasteiger partial charge on any atom is -0.465 e. The molecule has 1 amide bonds. The predicted molar refractivity (Wildman–Crippen MR) is 113 cm³/mol. The van der Waals surface area contributed by atoms with Crippen LogP contribution in [0, 0.1) is 0 Å². The minimum atomic E-state index is -4.10. The molecule has 152 valence electrons. The summed E-state index contributed by atoms with van der Waals surface area (Å²) in [6.07, 6.45) is 0. The number of rotatable bonds is 7. The highest BCUT2D eigenvalue weighted by Gasteiger charge is 2.38. The number of thiazole rings is 1. The highest BCUT2D eigenvalue weighted by Crippen LogP contribution is 2.35. The van der Waals surface area contributed by atoms with Gasteiger partial charge in [0, 0.05) is 4.47 Å². The van der Waals surface area contributed by atoms with E-state index in [-0.39, 0.29) is 16.5 Å². The van der Waals surface area contributed by atoms with Gasteiger partial charge in [-0.15, -0.1) is 11.3 Å². The van der Waals surface area contributed by atoms with Gasteiger partial charge in [0.15, 0.2) is 15.1 Å². The lowest BCUT2D eigenvalue weighted by Gasteiger charge is -2.15. The number of hydrogen-bond donors (Lipinski definition) is 1. The summed E-state index contributed by atoms with van der Waals surface area (Å²) in [5.41, 5.74) is 0.583. The molecule has 0 aliphatic carbocycles. The molecule has 7 nitrogen and oxygen atoms in total. The second-order valence-corrected chi connectivity index (χ2v) is 9.94. The highest BCUT2D eigenvalue weighted by atomic mass is 79.9. The topological polar surface area (TPSA) is 102 Å². The van der Waals surface area contributed by atoms with Gasteiger partial charge in [-0.3, -0.25) is 9.59 Å². The van der Waals surface area contributed by atoms with E-state index in [4.69, 9.17) is 4.74 Å². The van der Waals surface area contributed by atoms with Gasteiger partial charge in [-0.2, -0.15) is 0 Å². The van der Waals surface area contributed by atoms with Crippen molar-refractivity contribution in [3.63, 3.8) is 0 Å². The van der Waals surface area contributed by atoms with Gasteiger partial charge in [0.25, 0.3) is 0 Å². The van der Waals surface area contributed by atoms with Crippen LogP contribution < -0.4 is 5.32 Å². The number of carbonyl (C=O) groups excluding carboxylic acids is 2. The third-order valence-corrected chi connectivity index (χ3v) is 7.64. The Kier molecular flexibility index (Phi) is 6.66. The molecule has 0 aliphatic heterocycles. The van der Waals surface area contributed by atoms with Crippen LogP contribution in [0.4, 0.5) is 0 Å². The molecule has 1 heterocycles. The first kappa shape index (κ1) is 21.4. The maximum absolute atomic E-state index is 13.3. The molecule has 1 aromatic heterocycles. The number of nitrogens with one attached hydrogen (secondary N) is 1. The highest BCUT2D eigenvalue weighted by molar-refractivity contribution is 9.10. The van der Waals surface area contributed by atoms with Crippen LogP contribution in [0.2, 0.25) is 0 Å². The first-order chi connectivity index (χ1) is 13.8. The van der Waals surface area contributed by atoms with E-state index in [2.05, 4.69) is 26.2 Å². The fourth-order valence-electron chi connectivity index (χ4n) is 2.62. The Morgan fingerprint density at radius 1 is 1.21 bits per heavy atom. The van der Waals surface area contributed by atoms with Crippen molar-refractivity contribution in [1.29, 1.82) is 0 Å². The van der Waals surface area contributed by atoms with Crippen LogP contribution in [0.15, 0.2) is 57.9 Å². The number of hydrogen-bond acceptors (Lipinski definition) is 7. The summed E-state index contributed by atoms with van der Waals surface area (Å²) in [5.74, 6) is -1.48. The third kappa shape index (κ3) is 4.82. The molecule has 0 saturated heterocycles. The molecular weight excluding hydrogens is 480 g/mol. The Morgan fingerprint density at radius 3 is 2.62 bits per heavy atom. The van der Waals surface area contributed by atoms with Gasteiger partial charge >= 0.3 is 5.97 Å². The quantitative estimate of drug-likeness (QED) is 0.503. The van der Waals surface area contributed by atoms with Crippen molar-refractivity contribution in [1.82, 2.24) is 10.3 Å². The van der Waals surface area contributed by atoms with E-state index >= 15 is 0 Å². The molecule has 0 saturated carbocycles. The number of carbonyl (C=O) groups is 2. The summed E-state index contributed by atoms with van der Waals surface area (Å²) >= 11 is 4.49. The van der Waals surface area contributed by atoms with Crippen molar-refractivity contribution in [2.24, 2.45) is 0 Å². The average Bonchev–Trinajstić information content (AvgIpc) is 3.09. The number of halogens is 1. The molecule has 3 rings (SSSR count). The molecule has 2 aromatic carbocycles. The van der Waals surface area contributed by atoms with Gasteiger partial charge in [-0.1, -0.05) is 34.1 Å². The van der Waals surface area contributed by atoms with E-state index in [0.717, 1.165) is 20.5 Å². The number of amides is 1. The molecular formula is C19H17BrN2O5S2. The smallest absolute Gasteiger partial charge is 0.325 e. The van der Waals surface area contributed by atoms with Crippen molar-refractivity contribution in [2.75, 3.05) is 13.2 Å². The largest absolute Gasteiger partial charge is 0.465 e. The number of ether oxygens (including phenoxy) is 1. The third-order valence-electron chi connectivity index (χ3n) is 3.92. The van der Waals surface area contributed by atoms with Crippen LogP contribution in [0.3, 0.4) is 0 Å². The molecule has 1 N–H and O–H groups in total. The van der Waals surface area contributed by atoms with E-state index in [9.17, 15) is 18.0 Å². The summed E-state index contributed by atoms with van der Waals surface area (Å²) in [6.45, 7) is 1.37. The molecule has 0 radical (unpaired) electrons. The second-order valence-electron chi connectivity index (χ2n) is 5.93. The van der Waals surface area contributed by atoms with Crippen LogP contribution in [0.1, 0.15) is 17.2 Å². The molecule has 10 heteroatoms. The van der Waals surface area contributed by atoms with E-state index in [1.54, 1.807) is 43.3 Å². The van der Waals surface area contributed by atoms with Crippen LogP contribution in [-0.2, 0) is 24.2 Å². The molecule has 29 heavy (non-hydrogen) atoms. The molecule has 1 atom stereocenters. The van der Waals surface area contributed by atoms with E-state index < -0.39 is 33.5 Å². The summed E-state index contributed by atoms with van der Waals surface area (Å²) in [5, 5.41) is 0.903. The number of nitrogens with zero attached hydrogens (tertiary/aromatic N) is 1. The van der Waals surface area contributed by atoms with Gasteiger partial charge in [0.2, 0.25) is 5.91 Å². The summed E-state index contributed by atoms with van der Waals surface area (Å²) in [4.78, 5) is 28.8. The van der Waals surface area contributed by atoms with Crippen molar-refractivity contribution < 1.29 is 22.7 Å². The summed E-state index contributed by atoms with van der Waals surface area (Å²) < 4.78 is 32.9. The number of benzene rings is 2. The van der Waals surface area contributed by atoms with Gasteiger partial charge < -0.3 is 10.1 Å². The summed E-state index contributed by atoms with van der Waals surface area (Å²) in [6, 6.07) is 13.0. The van der Waals surface area contributed by atoms with Gasteiger partial charge in [-0.05, 0) is 37.3 Å². The Morgan fingerprint density at radius 2 is 1.93 bits per heavy atom. The number of aromatic nitrogens is 1. The standard InChI is InChI=1S/C19H17BrN2O5S2/c1-2-27-16(23)11-21-18(24)17(29(25,26)13-6-4-3-5-7-13)19-22-14-9-8-12(20)10-15(14)28-19/h3-10,17H,2,11H2,1H3,(H,21,24).